The molecule has 1 amide bonds. The van der Waals surface area contributed by atoms with Crippen molar-refractivity contribution in [2.75, 3.05) is 23.9 Å². The lowest BCUT2D eigenvalue weighted by molar-refractivity contribution is -0.116. The first-order valence-electron chi connectivity index (χ1n) is 5.91. The van der Waals surface area contributed by atoms with E-state index in [1.165, 1.54) is 0 Å². The summed E-state index contributed by atoms with van der Waals surface area (Å²) in [4.78, 5) is 14.9. The van der Waals surface area contributed by atoms with Crippen molar-refractivity contribution < 1.29 is 9.18 Å². The lowest BCUT2D eigenvalue weighted by atomic mass is 10.2. The fourth-order valence-corrected chi connectivity index (χ4v) is 2.88. The second kappa shape index (κ2) is 6.05. The topological polar surface area (TPSA) is 20.3 Å². The van der Waals surface area contributed by atoms with Crippen molar-refractivity contribution in [2.24, 2.45) is 0 Å². The van der Waals surface area contributed by atoms with E-state index in [-0.39, 0.29) is 12.6 Å². The number of alkyl halides is 1. The van der Waals surface area contributed by atoms with E-state index in [1.54, 1.807) is 11.8 Å². The normalized spacial score (nSPS) is 14.9. The number of carbonyl (C=O) groups is 1. The highest BCUT2D eigenvalue weighted by atomic mass is 32.2. The fourth-order valence-electron chi connectivity index (χ4n) is 1.94. The molecular weight excluding hydrogens is 237 g/mol. The van der Waals surface area contributed by atoms with Gasteiger partial charge in [0.15, 0.2) is 0 Å². The smallest absolute Gasteiger partial charge is 0.237 e. The van der Waals surface area contributed by atoms with Crippen LogP contribution in [0.5, 0.6) is 0 Å². The number of unbranched alkanes of at least 4 members (excludes halogenated alkanes) is 2. The van der Waals surface area contributed by atoms with Gasteiger partial charge in [-0.05, 0) is 31.4 Å². The van der Waals surface area contributed by atoms with Crippen molar-refractivity contribution in [1.29, 1.82) is 0 Å². The Balaban J connectivity index is 2.02. The molecule has 0 unspecified atom stereocenters. The Morgan fingerprint density at radius 1 is 1.24 bits per heavy atom. The molecule has 1 aromatic carbocycles. The number of hydrogen-bond acceptors (Lipinski definition) is 2. The Morgan fingerprint density at radius 2 is 2.06 bits per heavy atom. The minimum atomic E-state index is -0.264. The number of anilines is 1. The number of fused-ring (bicyclic) bond motifs is 1. The Bertz CT molecular complexity index is 397. The molecule has 2 rings (SSSR count). The molecule has 17 heavy (non-hydrogen) atoms. The maximum absolute atomic E-state index is 12.0. The summed E-state index contributed by atoms with van der Waals surface area (Å²) < 4.78 is 12.0. The molecule has 0 atom stereocenters. The maximum atomic E-state index is 12.0. The highest BCUT2D eigenvalue weighted by molar-refractivity contribution is 8.00. The van der Waals surface area contributed by atoms with Crippen LogP contribution in [0.15, 0.2) is 29.2 Å². The van der Waals surface area contributed by atoms with Crippen LogP contribution < -0.4 is 4.90 Å². The van der Waals surface area contributed by atoms with Gasteiger partial charge in [-0.15, -0.1) is 11.8 Å². The van der Waals surface area contributed by atoms with Gasteiger partial charge in [0.05, 0.1) is 18.1 Å². The molecule has 0 spiro atoms. The highest BCUT2D eigenvalue weighted by Gasteiger charge is 2.23. The third-order valence-electron chi connectivity index (χ3n) is 2.82. The molecule has 1 aliphatic heterocycles. The number of rotatable bonds is 5. The third kappa shape index (κ3) is 3.00. The average molecular weight is 253 g/mol. The molecule has 0 aliphatic carbocycles. The molecular formula is C13H16FNOS. The van der Waals surface area contributed by atoms with Gasteiger partial charge in [0, 0.05) is 11.4 Å². The Hall–Kier alpha value is -1.03. The van der Waals surface area contributed by atoms with Crippen LogP contribution in [0.3, 0.4) is 0 Å². The van der Waals surface area contributed by atoms with Gasteiger partial charge in [0.2, 0.25) is 5.91 Å². The van der Waals surface area contributed by atoms with Crippen LogP contribution in [-0.4, -0.2) is 24.9 Å². The van der Waals surface area contributed by atoms with E-state index >= 15 is 0 Å². The van der Waals surface area contributed by atoms with Gasteiger partial charge in [0.1, 0.15) is 0 Å². The van der Waals surface area contributed by atoms with Crippen molar-refractivity contribution in [1.82, 2.24) is 0 Å². The molecule has 92 valence electrons. The first-order chi connectivity index (χ1) is 8.33. The molecule has 0 N–H and O–H groups in total. The van der Waals surface area contributed by atoms with Gasteiger partial charge < -0.3 is 4.90 Å². The van der Waals surface area contributed by atoms with E-state index in [0.29, 0.717) is 18.7 Å². The predicted molar refractivity (Wildman–Crippen MR) is 69.3 cm³/mol. The number of amides is 1. The lowest BCUT2D eigenvalue weighted by Gasteiger charge is -2.28. The molecule has 2 nitrogen and oxygen atoms in total. The quantitative estimate of drug-likeness (QED) is 0.751. The molecule has 0 bridgehead atoms. The van der Waals surface area contributed by atoms with E-state index < -0.39 is 0 Å². The summed E-state index contributed by atoms with van der Waals surface area (Å²) >= 11 is 1.59. The van der Waals surface area contributed by atoms with Crippen LogP contribution in [-0.2, 0) is 4.79 Å². The Labute approximate surface area is 105 Å². The second-order valence-electron chi connectivity index (χ2n) is 4.05. The van der Waals surface area contributed by atoms with Crippen LogP contribution in [0, 0.1) is 0 Å². The predicted octanol–water partition coefficient (Wildman–Crippen LogP) is 3.27. The molecule has 0 saturated carbocycles. The monoisotopic (exact) mass is 253 g/mol. The summed E-state index contributed by atoms with van der Waals surface area (Å²) in [5.41, 5.74) is 1.01. The number of hydrogen-bond donors (Lipinski definition) is 0. The molecule has 0 radical (unpaired) electrons. The van der Waals surface area contributed by atoms with Gasteiger partial charge >= 0.3 is 0 Å². The van der Waals surface area contributed by atoms with Crippen molar-refractivity contribution in [3.63, 3.8) is 0 Å². The molecule has 4 heteroatoms. The molecule has 1 aliphatic rings. The number of halogens is 1. The molecule has 0 saturated heterocycles. The first-order valence-corrected chi connectivity index (χ1v) is 6.89. The van der Waals surface area contributed by atoms with Crippen LogP contribution in [0.4, 0.5) is 10.1 Å². The number of nitrogens with zero attached hydrogens (tertiary/aromatic N) is 1. The zero-order valence-electron chi connectivity index (χ0n) is 9.69. The van der Waals surface area contributed by atoms with Gasteiger partial charge in [-0.25, -0.2) is 0 Å². The first kappa shape index (κ1) is 12.4. The summed E-state index contributed by atoms with van der Waals surface area (Å²) in [6, 6.07) is 7.96. The summed E-state index contributed by atoms with van der Waals surface area (Å²) in [6.45, 7) is 0.441. The minimum absolute atomic E-state index is 0.161. The van der Waals surface area contributed by atoms with Crippen LogP contribution >= 0.6 is 11.8 Å². The Morgan fingerprint density at radius 3 is 2.88 bits per heavy atom. The van der Waals surface area contributed by atoms with Crippen molar-refractivity contribution in [3.8, 4) is 0 Å². The molecule has 0 fully saturated rings. The lowest BCUT2D eigenvalue weighted by Crippen LogP contribution is -2.36. The largest absolute Gasteiger partial charge is 0.311 e. The van der Waals surface area contributed by atoms with E-state index in [1.807, 2.05) is 29.2 Å². The summed E-state index contributed by atoms with van der Waals surface area (Å²) in [7, 11) is 0. The van der Waals surface area contributed by atoms with Crippen molar-refractivity contribution in [3.05, 3.63) is 24.3 Å². The SMILES string of the molecule is O=C1CSc2ccccc2N1CCCCCF. The Kier molecular flexibility index (Phi) is 4.42. The number of carbonyl (C=O) groups excluding carboxylic acids is 1. The number of para-hydroxylation sites is 1. The zero-order valence-corrected chi connectivity index (χ0v) is 10.5. The van der Waals surface area contributed by atoms with Gasteiger partial charge in [-0.2, -0.15) is 0 Å². The standard InChI is InChI=1S/C13H16FNOS/c14-8-4-1-5-9-15-11-6-2-3-7-12(11)17-10-13(15)16/h2-3,6-7H,1,4-5,8-10H2. The average Bonchev–Trinajstić information content (AvgIpc) is 2.37. The van der Waals surface area contributed by atoms with Crippen molar-refractivity contribution >= 4 is 23.4 Å². The fraction of sp³-hybridized carbons (Fsp3) is 0.462. The van der Waals surface area contributed by atoms with Crippen molar-refractivity contribution in [2.45, 2.75) is 24.2 Å². The molecule has 1 heterocycles. The highest BCUT2D eigenvalue weighted by Crippen LogP contribution is 2.34. The van der Waals surface area contributed by atoms with Crippen LogP contribution in [0.2, 0.25) is 0 Å². The van der Waals surface area contributed by atoms with Gasteiger partial charge in [-0.3, -0.25) is 9.18 Å². The van der Waals surface area contributed by atoms with Gasteiger partial charge in [-0.1, -0.05) is 12.1 Å². The van der Waals surface area contributed by atoms with Gasteiger partial charge in [0.25, 0.3) is 0 Å². The number of thioether (sulfide) groups is 1. The van der Waals surface area contributed by atoms with Crippen LogP contribution in [0.1, 0.15) is 19.3 Å². The number of benzene rings is 1. The van der Waals surface area contributed by atoms with E-state index in [2.05, 4.69) is 0 Å². The summed E-state index contributed by atoms with van der Waals surface area (Å²) in [6.07, 6.45) is 2.31. The molecule has 1 aromatic rings. The van der Waals surface area contributed by atoms with E-state index in [0.717, 1.165) is 23.4 Å². The third-order valence-corrected chi connectivity index (χ3v) is 3.87. The molecule has 0 aromatic heterocycles. The van der Waals surface area contributed by atoms with E-state index in [9.17, 15) is 9.18 Å². The summed E-state index contributed by atoms with van der Waals surface area (Å²) in [5, 5.41) is 0. The second-order valence-corrected chi connectivity index (χ2v) is 5.07. The summed E-state index contributed by atoms with van der Waals surface area (Å²) in [5.74, 6) is 0.675. The minimum Gasteiger partial charge on any atom is -0.311 e. The van der Waals surface area contributed by atoms with E-state index in [4.69, 9.17) is 0 Å². The maximum Gasteiger partial charge on any atom is 0.237 e. The van der Waals surface area contributed by atoms with Crippen LogP contribution in [0.25, 0.3) is 0 Å². The zero-order chi connectivity index (χ0) is 12.1.